The van der Waals surface area contributed by atoms with Crippen LogP contribution >= 0.6 is 23.6 Å². The van der Waals surface area contributed by atoms with Gasteiger partial charge in [-0.3, -0.25) is 4.90 Å². The topological polar surface area (TPSA) is 44.8 Å². The molecule has 23 heavy (non-hydrogen) atoms. The first-order valence-electron chi connectivity index (χ1n) is 7.57. The molecule has 116 valence electrons. The second kappa shape index (κ2) is 6.31. The van der Waals surface area contributed by atoms with E-state index in [4.69, 9.17) is 12.2 Å². The Morgan fingerprint density at radius 2 is 2.04 bits per heavy atom. The molecule has 0 amide bonds. The highest BCUT2D eigenvalue weighted by Crippen LogP contribution is 2.27. The fourth-order valence-electron chi connectivity index (χ4n) is 2.86. The lowest BCUT2D eigenvalue weighted by Gasteiger charge is -2.27. The van der Waals surface area contributed by atoms with Gasteiger partial charge in [-0.2, -0.15) is 0 Å². The van der Waals surface area contributed by atoms with Crippen LogP contribution in [0.25, 0.3) is 10.6 Å². The number of H-pyrrole nitrogens is 1. The number of fused-ring (bicyclic) bond motifs is 1. The van der Waals surface area contributed by atoms with E-state index in [1.807, 2.05) is 18.5 Å². The van der Waals surface area contributed by atoms with E-state index in [0.717, 1.165) is 31.1 Å². The summed E-state index contributed by atoms with van der Waals surface area (Å²) in [6.45, 7) is 2.87. The minimum absolute atomic E-state index is 0.576. The zero-order chi connectivity index (χ0) is 15.6. The largest absolute Gasteiger partial charge is 0.334 e. The van der Waals surface area contributed by atoms with Crippen molar-refractivity contribution < 1.29 is 0 Å². The van der Waals surface area contributed by atoms with Crippen LogP contribution in [0.15, 0.2) is 42.7 Å². The third-order valence-electron chi connectivity index (χ3n) is 4.01. The molecule has 0 radical (unpaired) electrons. The zero-order valence-electron chi connectivity index (χ0n) is 12.5. The molecule has 3 heterocycles. The molecule has 1 aromatic carbocycles. The summed E-state index contributed by atoms with van der Waals surface area (Å²) in [5.74, 6) is 0. The molecule has 3 aromatic rings. The molecule has 1 aliphatic heterocycles. The third-order valence-corrected chi connectivity index (χ3v) is 5.25. The van der Waals surface area contributed by atoms with Gasteiger partial charge in [-0.15, -0.1) is 11.3 Å². The molecule has 0 aliphatic carbocycles. The van der Waals surface area contributed by atoms with Crippen molar-refractivity contribution in [1.29, 1.82) is 0 Å². The van der Waals surface area contributed by atoms with Crippen LogP contribution in [0.3, 0.4) is 0 Å². The number of nitrogens with one attached hydrogen (secondary N) is 1. The van der Waals surface area contributed by atoms with E-state index in [2.05, 4.69) is 44.1 Å². The van der Waals surface area contributed by atoms with E-state index in [0.29, 0.717) is 4.77 Å². The summed E-state index contributed by atoms with van der Waals surface area (Å²) >= 11 is 6.86. The highest BCUT2D eigenvalue weighted by Gasteiger charge is 2.18. The maximum atomic E-state index is 5.09. The molecule has 4 rings (SSSR count). The van der Waals surface area contributed by atoms with E-state index in [1.165, 1.54) is 21.7 Å². The van der Waals surface area contributed by atoms with Crippen LogP contribution in [0.4, 0.5) is 0 Å². The van der Waals surface area contributed by atoms with Crippen LogP contribution in [-0.4, -0.2) is 26.4 Å². The van der Waals surface area contributed by atoms with Crippen LogP contribution in [0.5, 0.6) is 0 Å². The summed E-state index contributed by atoms with van der Waals surface area (Å²) in [6.07, 6.45) is 4.90. The average molecular weight is 340 g/mol. The number of nitrogens with zero attached hydrogens (tertiary/aromatic N) is 3. The zero-order valence-corrected chi connectivity index (χ0v) is 14.2. The number of thiazole rings is 1. The van der Waals surface area contributed by atoms with Crippen molar-refractivity contribution in [3.63, 3.8) is 0 Å². The predicted molar refractivity (Wildman–Crippen MR) is 94.8 cm³/mol. The summed E-state index contributed by atoms with van der Waals surface area (Å²) in [5.41, 5.74) is 3.66. The third kappa shape index (κ3) is 3.24. The lowest BCUT2D eigenvalue weighted by molar-refractivity contribution is 0.244. The standard InChI is InChI=1S/C17H16N4S2/c22-17-19-8-13-10-21(7-6-15(13)20-17)11-14-9-18-16(23-14)12-4-2-1-3-5-12/h1-5,8-9H,6-7,10-11H2,(H,19,20,22). The van der Waals surface area contributed by atoms with Crippen LogP contribution in [0, 0.1) is 4.77 Å². The van der Waals surface area contributed by atoms with Crippen molar-refractivity contribution in [3.8, 4) is 10.6 Å². The lowest BCUT2D eigenvalue weighted by Crippen LogP contribution is -2.30. The molecule has 0 saturated carbocycles. The van der Waals surface area contributed by atoms with Gasteiger partial charge in [0, 0.05) is 60.1 Å². The van der Waals surface area contributed by atoms with Gasteiger partial charge >= 0.3 is 0 Å². The number of rotatable bonds is 3. The molecule has 0 unspecified atom stereocenters. The smallest absolute Gasteiger partial charge is 0.196 e. The second-order valence-corrected chi connectivity index (χ2v) is 7.15. The highest BCUT2D eigenvalue weighted by molar-refractivity contribution is 7.71. The summed E-state index contributed by atoms with van der Waals surface area (Å²) < 4.78 is 0.576. The van der Waals surface area contributed by atoms with Gasteiger partial charge in [0.1, 0.15) is 5.01 Å². The maximum Gasteiger partial charge on any atom is 0.196 e. The normalized spacial score (nSPS) is 14.6. The molecule has 6 heteroatoms. The molecule has 0 fully saturated rings. The monoisotopic (exact) mass is 340 g/mol. The van der Waals surface area contributed by atoms with Gasteiger partial charge in [0.15, 0.2) is 4.77 Å². The van der Waals surface area contributed by atoms with E-state index >= 15 is 0 Å². The highest BCUT2D eigenvalue weighted by atomic mass is 32.1. The SMILES string of the molecule is S=c1ncc2c([nH]1)CCN(Cc1cnc(-c3ccccc3)s1)C2. The number of benzene rings is 1. The van der Waals surface area contributed by atoms with Gasteiger partial charge in [0.25, 0.3) is 0 Å². The van der Waals surface area contributed by atoms with E-state index in [9.17, 15) is 0 Å². The van der Waals surface area contributed by atoms with Crippen molar-refractivity contribution >= 4 is 23.6 Å². The first kappa shape index (κ1) is 14.7. The average Bonchev–Trinajstić information content (AvgIpc) is 3.04. The van der Waals surface area contributed by atoms with Crippen LogP contribution in [0.1, 0.15) is 16.1 Å². The molecule has 1 N–H and O–H groups in total. The minimum Gasteiger partial charge on any atom is -0.334 e. The summed E-state index contributed by atoms with van der Waals surface area (Å²) in [4.78, 5) is 15.7. The molecule has 4 nitrogen and oxygen atoms in total. The minimum atomic E-state index is 0.576. The number of hydrogen-bond donors (Lipinski definition) is 1. The van der Waals surface area contributed by atoms with Crippen LogP contribution < -0.4 is 0 Å². The number of aromatic nitrogens is 3. The summed E-state index contributed by atoms with van der Waals surface area (Å²) in [7, 11) is 0. The molecule has 0 spiro atoms. The second-order valence-electron chi connectivity index (χ2n) is 5.65. The molecular weight excluding hydrogens is 324 g/mol. The van der Waals surface area contributed by atoms with Gasteiger partial charge in [0.05, 0.1) is 0 Å². The van der Waals surface area contributed by atoms with E-state index < -0.39 is 0 Å². The van der Waals surface area contributed by atoms with Crippen molar-refractivity contribution in [2.24, 2.45) is 0 Å². The molecule has 1 aliphatic rings. The van der Waals surface area contributed by atoms with Gasteiger partial charge in [-0.05, 0) is 12.2 Å². The number of aromatic amines is 1. The van der Waals surface area contributed by atoms with Crippen molar-refractivity contribution in [2.75, 3.05) is 6.54 Å². The van der Waals surface area contributed by atoms with Gasteiger partial charge in [-0.25, -0.2) is 9.97 Å². The Labute approximate surface area is 143 Å². The van der Waals surface area contributed by atoms with E-state index in [-0.39, 0.29) is 0 Å². The molecule has 0 saturated heterocycles. The fraction of sp³-hybridized carbons (Fsp3) is 0.235. The molecule has 0 bridgehead atoms. The fourth-order valence-corrected chi connectivity index (χ4v) is 3.99. The Bertz CT molecular complexity index is 870. The Hall–Kier alpha value is -1.89. The Balaban J connectivity index is 1.48. The van der Waals surface area contributed by atoms with Crippen molar-refractivity contribution in [2.45, 2.75) is 19.5 Å². The Morgan fingerprint density at radius 3 is 2.91 bits per heavy atom. The summed E-state index contributed by atoms with van der Waals surface area (Å²) in [5, 5.41) is 1.09. The quantitative estimate of drug-likeness (QED) is 0.736. The first-order valence-corrected chi connectivity index (χ1v) is 8.80. The Morgan fingerprint density at radius 1 is 1.17 bits per heavy atom. The van der Waals surface area contributed by atoms with Crippen LogP contribution in [0.2, 0.25) is 0 Å². The predicted octanol–water partition coefficient (Wildman–Crippen LogP) is 3.82. The molecule has 2 aromatic heterocycles. The molecular formula is C17H16N4S2. The first-order chi connectivity index (χ1) is 11.3. The van der Waals surface area contributed by atoms with Gasteiger partial charge < -0.3 is 4.98 Å². The van der Waals surface area contributed by atoms with Gasteiger partial charge in [0.2, 0.25) is 0 Å². The van der Waals surface area contributed by atoms with E-state index in [1.54, 1.807) is 11.3 Å². The maximum absolute atomic E-state index is 5.09. The number of hydrogen-bond acceptors (Lipinski definition) is 5. The summed E-state index contributed by atoms with van der Waals surface area (Å²) in [6, 6.07) is 10.3. The van der Waals surface area contributed by atoms with Gasteiger partial charge in [-0.1, -0.05) is 30.3 Å². The van der Waals surface area contributed by atoms with Crippen molar-refractivity contribution in [1.82, 2.24) is 19.9 Å². The Kier molecular flexibility index (Phi) is 4.03. The van der Waals surface area contributed by atoms with Crippen LogP contribution in [-0.2, 0) is 19.5 Å². The lowest BCUT2D eigenvalue weighted by atomic mass is 10.1. The van der Waals surface area contributed by atoms with Crippen molar-refractivity contribution in [3.05, 3.63) is 63.6 Å². The molecule has 0 atom stereocenters.